The van der Waals surface area contributed by atoms with Gasteiger partial charge in [0, 0.05) is 19.5 Å². The zero-order valence-corrected chi connectivity index (χ0v) is 7.59. The number of alkyl halides is 2. The molecule has 1 N–H and O–H groups in total. The maximum atomic E-state index is 13.1. The van der Waals surface area contributed by atoms with Crippen LogP contribution in [0.5, 0.6) is 0 Å². The van der Waals surface area contributed by atoms with E-state index in [0.717, 1.165) is 0 Å². The van der Waals surface area contributed by atoms with Crippen LogP contribution in [-0.4, -0.2) is 40.5 Å². The second kappa shape index (κ2) is 1.96. The third-order valence-corrected chi connectivity index (χ3v) is 4.13. The monoisotopic (exact) mass is 203 g/mol. The third-order valence-electron chi connectivity index (χ3n) is 4.13. The minimum atomic E-state index is -2.62. The van der Waals surface area contributed by atoms with Crippen molar-refractivity contribution in [3.8, 4) is 0 Å². The van der Waals surface area contributed by atoms with Crippen molar-refractivity contribution < 1.29 is 18.7 Å². The molecule has 0 amide bonds. The van der Waals surface area contributed by atoms with E-state index >= 15 is 0 Å². The first-order chi connectivity index (χ1) is 6.42. The SMILES string of the molecule is O=C(O)C12CCN1C[C@]1(C2)CC1(F)F. The topological polar surface area (TPSA) is 40.5 Å². The van der Waals surface area contributed by atoms with E-state index in [1.165, 1.54) is 0 Å². The summed E-state index contributed by atoms with van der Waals surface area (Å²) < 4.78 is 26.2. The number of carbonyl (C=O) groups is 1. The van der Waals surface area contributed by atoms with E-state index in [1.54, 1.807) is 4.90 Å². The smallest absolute Gasteiger partial charge is 0.324 e. The van der Waals surface area contributed by atoms with Crippen LogP contribution >= 0.6 is 0 Å². The van der Waals surface area contributed by atoms with E-state index in [9.17, 15) is 13.6 Å². The number of fused-ring (bicyclic) bond motifs is 1. The molecule has 0 aromatic heterocycles. The van der Waals surface area contributed by atoms with Crippen molar-refractivity contribution >= 4 is 5.97 Å². The van der Waals surface area contributed by atoms with Gasteiger partial charge in [-0.15, -0.1) is 0 Å². The van der Waals surface area contributed by atoms with Crippen molar-refractivity contribution in [2.24, 2.45) is 5.41 Å². The number of rotatable bonds is 1. The van der Waals surface area contributed by atoms with Crippen LogP contribution in [0.25, 0.3) is 0 Å². The summed E-state index contributed by atoms with van der Waals surface area (Å²) in [6, 6.07) is 0. The van der Waals surface area contributed by atoms with Crippen LogP contribution in [-0.2, 0) is 4.79 Å². The molecule has 78 valence electrons. The van der Waals surface area contributed by atoms with Gasteiger partial charge in [-0.1, -0.05) is 0 Å². The summed E-state index contributed by atoms with van der Waals surface area (Å²) in [5.41, 5.74) is -1.94. The van der Waals surface area contributed by atoms with Gasteiger partial charge in [0.2, 0.25) is 0 Å². The van der Waals surface area contributed by atoms with Crippen LogP contribution in [0.1, 0.15) is 19.3 Å². The van der Waals surface area contributed by atoms with E-state index in [0.29, 0.717) is 13.0 Å². The van der Waals surface area contributed by atoms with E-state index < -0.39 is 22.8 Å². The van der Waals surface area contributed by atoms with Crippen molar-refractivity contribution in [1.29, 1.82) is 0 Å². The predicted molar refractivity (Wildman–Crippen MR) is 43.2 cm³/mol. The fourth-order valence-electron chi connectivity index (χ4n) is 3.01. The largest absolute Gasteiger partial charge is 0.480 e. The normalized spacial score (nSPS) is 48.7. The Kier molecular flexibility index (Phi) is 1.20. The number of hydrogen-bond donors (Lipinski definition) is 1. The van der Waals surface area contributed by atoms with Crippen molar-refractivity contribution in [1.82, 2.24) is 4.90 Å². The standard InChI is InChI=1S/C9H11F2NO2/c10-9(11)4-7(9)3-8(6(13)14)1-2-12(8)5-7/h1-5H2,(H,13,14)/t7-,8?/m0/s1. The van der Waals surface area contributed by atoms with Gasteiger partial charge >= 0.3 is 5.97 Å². The Hall–Kier alpha value is -0.710. The Morgan fingerprint density at radius 3 is 2.29 bits per heavy atom. The molecule has 2 heterocycles. The number of hydrogen-bond acceptors (Lipinski definition) is 2. The molecule has 3 rings (SSSR count). The van der Waals surface area contributed by atoms with Gasteiger partial charge < -0.3 is 5.11 Å². The molecular formula is C9H11F2NO2. The lowest BCUT2D eigenvalue weighted by Crippen LogP contribution is -2.60. The highest BCUT2D eigenvalue weighted by Gasteiger charge is 2.79. The summed E-state index contributed by atoms with van der Waals surface area (Å²) in [5.74, 6) is -3.55. The van der Waals surface area contributed by atoms with E-state index in [2.05, 4.69) is 0 Å². The summed E-state index contributed by atoms with van der Waals surface area (Å²) in [5, 5.41) is 9.04. The molecule has 2 atom stereocenters. The van der Waals surface area contributed by atoms with Crippen LogP contribution in [0.2, 0.25) is 0 Å². The first kappa shape index (κ1) is 8.59. The number of carboxylic acids is 1. The van der Waals surface area contributed by atoms with Gasteiger partial charge in [0.05, 0.1) is 5.41 Å². The average molecular weight is 203 g/mol. The molecule has 2 saturated heterocycles. The zero-order chi connectivity index (χ0) is 10.2. The van der Waals surface area contributed by atoms with Gasteiger partial charge in [-0.2, -0.15) is 0 Å². The van der Waals surface area contributed by atoms with Gasteiger partial charge in [0.15, 0.2) is 0 Å². The molecule has 1 saturated carbocycles. The van der Waals surface area contributed by atoms with Gasteiger partial charge in [0.25, 0.3) is 5.92 Å². The van der Waals surface area contributed by atoms with Crippen LogP contribution < -0.4 is 0 Å². The molecule has 0 aromatic carbocycles. The van der Waals surface area contributed by atoms with Crippen molar-refractivity contribution in [3.05, 3.63) is 0 Å². The molecule has 0 bridgehead atoms. The van der Waals surface area contributed by atoms with Crippen LogP contribution in [0.4, 0.5) is 8.78 Å². The molecule has 0 radical (unpaired) electrons. The summed E-state index contributed by atoms with van der Waals surface area (Å²) >= 11 is 0. The van der Waals surface area contributed by atoms with E-state index in [4.69, 9.17) is 5.11 Å². The van der Waals surface area contributed by atoms with E-state index in [1.807, 2.05) is 0 Å². The Bertz CT molecular complexity index is 333. The van der Waals surface area contributed by atoms with Crippen LogP contribution in [0, 0.1) is 5.41 Å². The zero-order valence-electron chi connectivity index (χ0n) is 7.59. The summed E-state index contributed by atoms with van der Waals surface area (Å²) in [4.78, 5) is 12.7. The predicted octanol–water partition coefficient (Wildman–Crippen LogP) is 0.945. The number of halogens is 2. The van der Waals surface area contributed by atoms with Crippen LogP contribution in [0.3, 0.4) is 0 Å². The Labute approximate surface area is 79.7 Å². The van der Waals surface area contributed by atoms with Gasteiger partial charge in [-0.05, 0) is 12.8 Å². The van der Waals surface area contributed by atoms with Gasteiger partial charge in [0.1, 0.15) is 5.54 Å². The molecule has 14 heavy (non-hydrogen) atoms. The fraction of sp³-hybridized carbons (Fsp3) is 0.889. The highest BCUT2D eigenvalue weighted by molar-refractivity contribution is 5.81. The molecule has 3 fully saturated rings. The van der Waals surface area contributed by atoms with E-state index in [-0.39, 0.29) is 19.4 Å². The fourth-order valence-corrected chi connectivity index (χ4v) is 3.01. The third kappa shape index (κ3) is 0.701. The number of aliphatic carboxylic acids is 1. The summed E-state index contributed by atoms with van der Waals surface area (Å²) in [7, 11) is 0. The lowest BCUT2D eigenvalue weighted by molar-refractivity contribution is -0.157. The Morgan fingerprint density at radius 1 is 1.36 bits per heavy atom. The second-order valence-electron chi connectivity index (χ2n) is 4.85. The molecule has 2 aliphatic heterocycles. The highest BCUT2D eigenvalue weighted by Crippen LogP contribution is 2.70. The Balaban J connectivity index is 1.91. The molecular weight excluding hydrogens is 192 g/mol. The van der Waals surface area contributed by atoms with Crippen molar-refractivity contribution in [2.45, 2.75) is 30.7 Å². The molecule has 1 unspecified atom stereocenters. The molecule has 0 aromatic rings. The van der Waals surface area contributed by atoms with Crippen molar-refractivity contribution in [2.75, 3.05) is 13.1 Å². The molecule has 3 nitrogen and oxygen atoms in total. The minimum Gasteiger partial charge on any atom is -0.480 e. The first-order valence-corrected chi connectivity index (χ1v) is 4.78. The maximum absolute atomic E-state index is 13.1. The highest BCUT2D eigenvalue weighted by atomic mass is 19.3. The maximum Gasteiger partial charge on any atom is 0.324 e. The lowest BCUT2D eigenvalue weighted by atomic mass is 9.82. The molecule has 1 aliphatic carbocycles. The number of carboxylic acid groups (broad SMARTS) is 1. The van der Waals surface area contributed by atoms with Crippen molar-refractivity contribution in [3.63, 3.8) is 0 Å². The van der Waals surface area contributed by atoms with Gasteiger partial charge in [-0.25, -0.2) is 8.78 Å². The van der Waals surface area contributed by atoms with Crippen LogP contribution in [0.15, 0.2) is 0 Å². The van der Waals surface area contributed by atoms with Gasteiger partial charge in [-0.3, -0.25) is 9.69 Å². The summed E-state index contributed by atoms with van der Waals surface area (Å²) in [6.45, 7) is 0.927. The second-order valence-corrected chi connectivity index (χ2v) is 4.85. The molecule has 3 aliphatic rings. The first-order valence-electron chi connectivity index (χ1n) is 4.78. The quantitative estimate of drug-likeness (QED) is 0.689. The summed E-state index contributed by atoms with van der Waals surface area (Å²) in [6.07, 6.45) is 0.550. The molecule has 1 spiro atoms. The minimum absolute atomic E-state index is 0.120. The lowest BCUT2D eigenvalue weighted by Gasteiger charge is -2.44. The molecule has 5 heteroatoms. The number of nitrogens with zero attached hydrogens (tertiary/aromatic N) is 1. The average Bonchev–Trinajstić information content (AvgIpc) is 2.48. The Morgan fingerprint density at radius 2 is 2.00 bits per heavy atom.